The number of hydrogen-bond acceptors (Lipinski definition) is 2. The van der Waals surface area contributed by atoms with Crippen molar-refractivity contribution in [3.8, 4) is 11.5 Å². The molecule has 27 heavy (non-hydrogen) atoms. The van der Waals surface area contributed by atoms with Crippen molar-refractivity contribution >= 4 is 18.5 Å². The largest absolute Gasteiger partial charge is 0.507 e. The Balaban J connectivity index is 2.64. The number of rotatable bonds is 5. The van der Waals surface area contributed by atoms with Crippen LogP contribution in [-0.2, 0) is 10.8 Å². The van der Waals surface area contributed by atoms with Crippen molar-refractivity contribution in [1.82, 2.24) is 0 Å². The third kappa shape index (κ3) is 5.26. The summed E-state index contributed by atoms with van der Waals surface area (Å²) in [4.78, 5) is 0. The highest BCUT2D eigenvalue weighted by atomic mass is 31.1. The molecular formula is C24H35O2P. The van der Waals surface area contributed by atoms with Crippen molar-refractivity contribution in [3.05, 3.63) is 47.5 Å². The monoisotopic (exact) mass is 386 g/mol. The average Bonchev–Trinajstić information content (AvgIpc) is 2.55. The number of hydrogen-bond donors (Lipinski definition) is 2. The van der Waals surface area contributed by atoms with E-state index in [-0.39, 0.29) is 10.8 Å². The highest BCUT2D eigenvalue weighted by molar-refractivity contribution is 7.73. The molecule has 0 atom stereocenters. The molecule has 0 bridgehead atoms. The lowest BCUT2D eigenvalue weighted by atomic mass is 9.87. The van der Waals surface area contributed by atoms with Crippen LogP contribution in [0.5, 0.6) is 11.5 Å². The van der Waals surface area contributed by atoms with Gasteiger partial charge in [-0.15, -0.1) is 0 Å². The minimum Gasteiger partial charge on any atom is -0.507 e. The molecule has 0 fully saturated rings. The molecule has 0 aliphatic heterocycles. The summed E-state index contributed by atoms with van der Waals surface area (Å²) in [6, 6.07) is 12.0. The quantitative estimate of drug-likeness (QED) is 0.626. The molecule has 2 aromatic carbocycles. The normalized spacial score (nSPS) is 12.6. The summed E-state index contributed by atoms with van der Waals surface area (Å²) in [7, 11) is -0.825. The lowest BCUT2D eigenvalue weighted by Gasteiger charge is -2.27. The van der Waals surface area contributed by atoms with Crippen molar-refractivity contribution in [2.24, 2.45) is 0 Å². The maximum Gasteiger partial charge on any atom is 0.123 e. The first-order chi connectivity index (χ1) is 12.4. The van der Waals surface area contributed by atoms with Gasteiger partial charge in [0, 0.05) is 10.6 Å². The Morgan fingerprint density at radius 2 is 1.15 bits per heavy atom. The lowest BCUT2D eigenvalue weighted by molar-refractivity contribution is 0.478. The zero-order valence-corrected chi connectivity index (χ0v) is 18.8. The second-order valence-corrected chi connectivity index (χ2v) is 11.7. The lowest BCUT2D eigenvalue weighted by Crippen LogP contribution is -2.21. The molecule has 0 amide bonds. The van der Waals surface area contributed by atoms with E-state index < -0.39 is 7.92 Å². The van der Waals surface area contributed by atoms with Crippen LogP contribution in [0.2, 0.25) is 0 Å². The van der Waals surface area contributed by atoms with Crippen LogP contribution in [0.25, 0.3) is 0 Å². The molecule has 2 N–H and O–H groups in total. The van der Waals surface area contributed by atoms with Gasteiger partial charge >= 0.3 is 0 Å². The van der Waals surface area contributed by atoms with Gasteiger partial charge in [-0.05, 0) is 66.7 Å². The molecule has 148 valence electrons. The summed E-state index contributed by atoms with van der Waals surface area (Å²) >= 11 is 0. The Hall–Kier alpha value is -1.53. The predicted octanol–water partition coefficient (Wildman–Crippen LogP) is 5.93. The average molecular weight is 387 g/mol. The van der Waals surface area contributed by atoms with E-state index >= 15 is 0 Å². The van der Waals surface area contributed by atoms with E-state index in [1.54, 1.807) is 0 Å². The maximum atomic E-state index is 10.7. The number of phenolic OH excluding ortho intramolecular Hbond substituents is 2. The Morgan fingerprint density at radius 1 is 0.741 bits per heavy atom. The number of unbranched alkanes of at least 4 members (excludes halogenated alkanes) is 1. The van der Waals surface area contributed by atoms with Crippen LogP contribution in [0.4, 0.5) is 0 Å². The predicted molar refractivity (Wildman–Crippen MR) is 120 cm³/mol. The van der Waals surface area contributed by atoms with E-state index in [2.05, 4.69) is 60.6 Å². The van der Waals surface area contributed by atoms with E-state index in [4.69, 9.17) is 0 Å². The van der Waals surface area contributed by atoms with Crippen LogP contribution in [0.1, 0.15) is 72.4 Å². The minimum absolute atomic E-state index is 0.0174. The van der Waals surface area contributed by atoms with Crippen LogP contribution in [-0.4, -0.2) is 16.4 Å². The Kier molecular flexibility index (Phi) is 6.63. The van der Waals surface area contributed by atoms with Gasteiger partial charge in [0.15, 0.2) is 0 Å². The second-order valence-electron chi connectivity index (χ2n) is 9.41. The van der Waals surface area contributed by atoms with Gasteiger partial charge in [-0.1, -0.05) is 67.0 Å². The van der Waals surface area contributed by atoms with Gasteiger partial charge in [0.1, 0.15) is 11.5 Å². The summed E-state index contributed by atoms with van der Waals surface area (Å²) in [5.74, 6) is 0.677. The third-order valence-electron chi connectivity index (χ3n) is 5.00. The molecule has 0 unspecified atom stereocenters. The van der Waals surface area contributed by atoms with Gasteiger partial charge in [-0.2, -0.15) is 0 Å². The molecular weight excluding hydrogens is 351 g/mol. The van der Waals surface area contributed by atoms with Crippen LogP contribution in [0.15, 0.2) is 36.4 Å². The van der Waals surface area contributed by atoms with Gasteiger partial charge in [0.05, 0.1) is 0 Å². The zero-order valence-electron chi connectivity index (χ0n) is 17.9. The fourth-order valence-corrected chi connectivity index (χ4v) is 5.76. The van der Waals surface area contributed by atoms with Gasteiger partial charge in [-0.25, -0.2) is 0 Å². The molecule has 0 aliphatic carbocycles. The fourth-order valence-electron chi connectivity index (χ4n) is 3.10. The molecule has 2 rings (SSSR count). The second kappa shape index (κ2) is 8.23. The van der Waals surface area contributed by atoms with Crippen LogP contribution >= 0.6 is 7.92 Å². The standard InChI is InChI=1S/C24H35O2P/c1-8-9-14-27(21-15-17(23(2,3)4)10-12-19(21)25)22-16-18(24(5,6)7)11-13-20(22)26/h10-13,15-16,25-26H,8-9,14H2,1-7H3. The third-order valence-corrected chi connectivity index (χ3v) is 7.64. The summed E-state index contributed by atoms with van der Waals surface area (Å²) in [5.41, 5.74) is 2.46. The van der Waals surface area contributed by atoms with E-state index in [0.29, 0.717) is 11.5 Å². The Morgan fingerprint density at radius 3 is 1.48 bits per heavy atom. The molecule has 0 saturated heterocycles. The van der Waals surface area contributed by atoms with Gasteiger partial charge in [0.25, 0.3) is 0 Å². The molecule has 0 aromatic heterocycles. The first kappa shape index (κ1) is 21.8. The highest BCUT2D eigenvalue weighted by Crippen LogP contribution is 2.42. The first-order valence-corrected chi connectivity index (χ1v) is 11.4. The van der Waals surface area contributed by atoms with Gasteiger partial charge < -0.3 is 10.2 Å². The summed E-state index contributed by atoms with van der Waals surface area (Å²) < 4.78 is 0. The number of aromatic hydroxyl groups is 2. The number of phenols is 2. The number of benzene rings is 2. The van der Waals surface area contributed by atoms with Crippen LogP contribution < -0.4 is 10.6 Å². The Labute approximate surface area is 166 Å². The van der Waals surface area contributed by atoms with Crippen molar-refractivity contribution < 1.29 is 10.2 Å². The summed E-state index contributed by atoms with van der Waals surface area (Å²) in [6.07, 6.45) is 3.14. The molecule has 3 heteroatoms. The van der Waals surface area contributed by atoms with Crippen molar-refractivity contribution in [2.45, 2.75) is 72.1 Å². The van der Waals surface area contributed by atoms with E-state index in [1.807, 2.05) is 24.3 Å². The van der Waals surface area contributed by atoms with Crippen molar-refractivity contribution in [1.29, 1.82) is 0 Å². The summed E-state index contributed by atoms with van der Waals surface area (Å²) in [6.45, 7) is 15.3. The fraction of sp³-hybridized carbons (Fsp3) is 0.500. The molecule has 0 heterocycles. The van der Waals surface area contributed by atoms with Gasteiger partial charge in [-0.3, -0.25) is 0 Å². The topological polar surface area (TPSA) is 40.5 Å². The summed E-state index contributed by atoms with van der Waals surface area (Å²) in [5, 5.41) is 23.3. The highest BCUT2D eigenvalue weighted by Gasteiger charge is 2.25. The SMILES string of the molecule is CCCCP(c1cc(C(C)(C)C)ccc1O)c1cc(C(C)(C)C)ccc1O. The van der Waals surface area contributed by atoms with Crippen molar-refractivity contribution in [3.63, 3.8) is 0 Å². The minimum atomic E-state index is -0.825. The van der Waals surface area contributed by atoms with Crippen LogP contribution in [0, 0.1) is 0 Å². The van der Waals surface area contributed by atoms with E-state index in [1.165, 1.54) is 11.1 Å². The van der Waals surface area contributed by atoms with Gasteiger partial charge in [0.2, 0.25) is 0 Å². The van der Waals surface area contributed by atoms with E-state index in [0.717, 1.165) is 29.6 Å². The van der Waals surface area contributed by atoms with Crippen molar-refractivity contribution in [2.75, 3.05) is 6.16 Å². The molecule has 2 nitrogen and oxygen atoms in total. The van der Waals surface area contributed by atoms with Crippen LogP contribution in [0.3, 0.4) is 0 Å². The molecule has 0 aliphatic rings. The zero-order chi connectivity index (χ0) is 20.4. The maximum absolute atomic E-state index is 10.7. The first-order valence-electron chi connectivity index (χ1n) is 9.89. The smallest absolute Gasteiger partial charge is 0.123 e. The molecule has 0 radical (unpaired) electrons. The van der Waals surface area contributed by atoms with E-state index in [9.17, 15) is 10.2 Å². The molecule has 0 saturated carbocycles. The molecule has 2 aromatic rings. The molecule has 0 spiro atoms. The Bertz CT molecular complexity index is 718.